The Morgan fingerprint density at radius 2 is 1.57 bits per heavy atom. The summed E-state index contributed by atoms with van der Waals surface area (Å²) in [6, 6.07) is 17.4. The molecule has 0 atom stereocenters. The molecule has 118 valence electrons. The summed E-state index contributed by atoms with van der Waals surface area (Å²) in [7, 11) is 0. The molecule has 3 rings (SSSR count). The fraction of sp³-hybridized carbons (Fsp3) is 0.273. The van der Waals surface area contributed by atoms with Crippen LogP contribution in [0.3, 0.4) is 0 Å². The van der Waals surface area contributed by atoms with Crippen LogP contribution in [0.5, 0.6) is 0 Å². The molecule has 1 fully saturated rings. The van der Waals surface area contributed by atoms with Crippen LogP contribution in [-0.2, 0) is 0 Å². The number of piperidine rings is 1. The number of allylic oxidation sites excluding steroid dienone is 2. The van der Waals surface area contributed by atoms with E-state index in [1.807, 2.05) is 0 Å². The van der Waals surface area contributed by atoms with Gasteiger partial charge >= 0.3 is 0 Å². The number of anilines is 1. The van der Waals surface area contributed by atoms with Gasteiger partial charge in [0.1, 0.15) is 0 Å². The van der Waals surface area contributed by atoms with Crippen LogP contribution in [0.2, 0.25) is 0 Å². The quantitative estimate of drug-likeness (QED) is 0.654. The minimum Gasteiger partial charge on any atom is -0.372 e. The van der Waals surface area contributed by atoms with Gasteiger partial charge in [0.2, 0.25) is 0 Å². The lowest BCUT2D eigenvalue weighted by atomic mass is 10.0. The molecule has 0 saturated carbocycles. The Kier molecular flexibility index (Phi) is 4.97. The summed E-state index contributed by atoms with van der Waals surface area (Å²) in [5.41, 5.74) is 6.07. The summed E-state index contributed by atoms with van der Waals surface area (Å²) in [4.78, 5) is 2.49. The maximum atomic E-state index is 4.17. The first-order chi connectivity index (χ1) is 11.2. The number of aryl methyl sites for hydroxylation is 1. The third-order valence-electron chi connectivity index (χ3n) is 4.51. The standard InChI is InChI=1S/C22H25N/c1-18-6-12-21(13-7-18)19(2)8-9-20-10-14-22(15-11-20)23-16-4-3-5-17-23/h6-15H,2-5,16-17H2,1H3/b9-8+. The number of rotatable bonds is 4. The Hall–Kier alpha value is -2.28. The van der Waals surface area contributed by atoms with Crippen molar-refractivity contribution < 1.29 is 0 Å². The number of hydrogen-bond donors (Lipinski definition) is 0. The van der Waals surface area contributed by atoms with E-state index in [2.05, 4.69) is 79.1 Å². The topological polar surface area (TPSA) is 3.24 Å². The van der Waals surface area contributed by atoms with E-state index in [0.717, 1.165) is 5.57 Å². The van der Waals surface area contributed by atoms with Crippen molar-refractivity contribution in [3.8, 4) is 0 Å². The summed E-state index contributed by atoms with van der Waals surface area (Å²) in [5.74, 6) is 0. The normalized spacial score (nSPS) is 15.1. The second kappa shape index (κ2) is 7.32. The predicted molar refractivity (Wildman–Crippen MR) is 102 cm³/mol. The fourth-order valence-corrected chi connectivity index (χ4v) is 3.01. The average Bonchev–Trinajstić information content (AvgIpc) is 2.61. The molecule has 0 amide bonds. The lowest BCUT2D eigenvalue weighted by Gasteiger charge is -2.28. The minimum absolute atomic E-state index is 1.05. The van der Waals surface area contributed by atoms with Crippen molar-refractivity contribution in [3.63, 3.8) is 0 Å². The first-order valence-electron chi connectivity index (χ1n) is 8.51. The summed E-state index contributed by atoms with van der Waals surface area (Å²) in [6.07, 6.45) is 8.25. The first kappa shape index (κ1) is 15.6. The van der Waals surface area contributed by atoms with Crippen LogP contribution in [-0.4, -0.2) is 13.1 Å². The van der Waals surface area contributed by atoms with E-state index < -0.39 is 0 Å². The van der Waals surface area contributed by atoms with Gasteiger partial charge in [-0.2, -0.15) is 0 Å². The Labute approximate surface area is 140 Å². The third kappa shape index (κ3) is 4.13. The lowest BCUT2D eigenvalue weighted by molar-refractivity contribution is 0.578. The summed E-state index contributed by atoms with van der Waals surface area (Å²) in [6.45, 7) is 8.66. The van der Waals surface area contributed by atoms with Gasteiger partial charge in [-0.25, -0.2) is 0 Å². The summed E-state index contributed by atoms with van der Waals surface area (Å²) < 4.78 is 0. The van der Waals surface area contributed by atoms with Gasteiger partial charge in [-0.1, -0.05) is 60.7 Å². The second-order valence-corrected chi connectivity index (χ2v) is 6.36. The van der Waals surface area contributed by atoms with Crippen molar-refractivity contribution in [1.29, 1.82) is 0 Å². The van der Waals surface area contributed by atoms with Crippen molar-refractivity contribution in [3.05, 3.63) is 77.9 Å². The molecule has 0 spiro atoms. The van der Waals surface area contributed by atoms with Gasteiger partial charge in [0.05, 0.1) is 0 Å². The van der Waals surface area contributed by atoms with Crippen molar-refractivity contribution in [2.75, 3.05) is 18.0 Å². The summed E-state index contributed by atoms with van der Waals surface area (Å²) >= 11 is 0. The van der Waals surface area contributed by atoms with E-state index in [1.165, 1.54) is 54.7 Å². The molecule has 1 heteroatoms. The van der Waals surface area contributed by atoms with E-state index >= 15 is 0 Å². The smallest absolute Gasteiger partial charge is 0.0366 e. The van der Waals surface area contributed by atoms with Crippen LogP contribution in [0.1, 0.15) is 36.0 Å². The monoisotopic (exact) mass is 303 g/mol. The zero-order valence-corrected chi connectivity index (χ0v) is 14.0. The molecule has 0 bridgehead atoms. The first-order valence-corrected chi connectivity index (χ1v) is 8.51. The van der Waals surface area contributed by atoms with Crippen LogP contribution in [0.4, 0.5) is 5.69 Å². The molecule has 1 aliphatic rings. The molecular weight excluding hydrogens is 278 g/mol. The predicted octanol–water partition coefficient (Wildman–Crippen LogP) is 5.71. The third-order valence-corrected chi connectivity index (χ3v) is 4.51. The summed E-state index contributed by atoms with van der Waals surface area (Å²) in [5, 5.41) is 0. The van der Waals surface area contributed by atoms with Gasteiger partial charge in [-0.05, 0) is 55.0 Å². The van der Waals surface area contributed by atoms with E-state index in [9.17, 15) is 0 Å². The minimum atomic E-state index is 1.05. The molecule has 1 nitrogen and oxygen atoms in total. The van der Waals surface area contributed by atoms with Crippen LogP contribution in [0.15, 0.2) is 61.2 Å². The highest BCUT2D eigenvalue weighted by Gasteiger charge is 2.09. The molecule has 0 N–H and O–H groups in total. The highest BCUT2D eigenvalue weighted by molar-refractivity contribution is 5.77. The molecular formula is C22H25N. The van der Waals surface area contributed by atoms with Crippen molar-refractivity contribution in [1.82, 2.24) is 0 Å². The van der Waals surface area contributed by atoms with Gasteiger partial charge in [0.25, 0.3) is 0 Å². The molecule has 23 heavy (non-hydrogen) atoms. The fourth-order valence-electron chi connectivity index (χ4n) is 3.01. The van der Waals surface area contributed by atoms with E-state index in [1.54, 1.807) is 0 Å². The SMILES string of the molecule is C=C(/C=C/c1ccc(N2CCCCC2)cc1)c1ccc(C)cc1. The molecule has 1 saturated heterocycles. The Morgan fingerprint density at radius 1 is 0.913 bits per heavy atom. The van der Waals surface area contributed by atoms with Crippen LogP contribution in [0.25, 0.3) is 11.6 Å². The highest BCUT2D eigenvalue weighted by Crippen LogP contribution is 2.21. The zero-order valence-electron chi connectivity index (χ0n) is 14.0. The van der Waals surface area contributed by atoms with Gasteiger partial charge in [0, 0.05) is 18.8 Å². The zero-order chi connectivity index (χ0) is 16.1. The van der Waals surface area contributed by atoms with E-state index in [4.69, 9.17) is 0 Å². The maximum absolute atomic E-state index is 4.17. The van der Waals surface area contributed by atoms with E-state index in [-0.39, 0.29) is 0 Å². The van der Waals surface area contributed by atoms with Gasteiger partial charge in [-0.15, -0.1) is 0 Å². The molecule has 0 aromatic heterocycles. The molecule has 2 aromatic carbocycles. The molecule has 0 aliphatic carbocycles. The lowest BCUT2D eigenvalue weighted by Crippen LogP contribution is -2.29. The van der Waals surface area contributed by atoms with Crippen molar-refractivity contribution in [2.45, 2.75) is 26.2 Å². The van der Waals surface area contributed by atoms with Gasteiger partial charge in [0.15, 0.2) is 0 Å². The van der Waals surface area contributed by atoms with Gasteiger partial charge in [-0.3, -0.25) is 0 Å². The largest absolute Gasteiger partial charge is 0.372 e. The second-order valence-electron chi connectivity index (χ2n) is 6.36. The van der Waals surface area contributed by atoms with Gasteiger partial charge < -0.3 is 4.90 Å². The van der Waals surface area contributed by atoms with Crippen molar-refractivity contribution in [2.24, 2.45) is 0 Å². The van der Waals surface area contributed by atoms with Crippen LogP contribution >= 0.6 is 0 Å². The number of benzene rings is 2. The molecule has 1 aliphatic heterocycles. The molecule has 1 heterocycles. The van der Waals surface area contributed by atoms with Crippen molar-refractivity contribution >= 4 is 17.3 Å². The Morgan fingerprint density at radius 3 is 2.22 bits per heavy atom. The number of hydrogen-bond acceptors (Lipinski definition) is 1. The highest BCUT2D eigenvalue weighted by atomic mass is 15.1. The Balaban J connectivity index is 1.65. The average molecular weight is 303 g/mol. The van der Waals surface area contributed by atoms with Crippen LogP contribution in [0, 0.1) is 6.92 Å². The molecule has 0 radical (unpaired) electrons. The molecule has 0 unspecified atom stereocenters. The molecule has 2 aromatic rings. The Bertz CT molecular complexity index is 671. The number of nitrogens with zero attached hydrogens (tertiary/aromatic N) is 1. The van der Waals surface area contributed by atoms with Crippen LogP contribution < -0.4 is 4.90 Å². The maximum Gasteiger partial charge on any atom is 0.0366 e. The van der Waals surface area contributed by atoms with E-state index in [0.29, 0.717) is 0 Å².